The fourth-order valence-corrected chi connectivity index (χ4v) is 3.51. The van der Waals surface area contributed by atoms with Crippen LogP contribution < -0.4 is 0 Å². The zero-order valence-corrected chi connectivity index (χ0v) is 18.2. The SMILES string of the molecule is CCCCCCCCCCCCCCCCC(=O)OCc1ccccc1[N+](=O)[O-]. The molecule has 0 aliphatic heterocycles. The molecular formula is C24H39NO4. The summed E-state index contributed by atoms with van der Waals surface area (Å²) < 4.78 is 5.19. The first-order chi connectivity index (χ1) is 14.1. The molecule has 0 aliphatic rings. The minimum absolute atomic E-state index is 0.00297. The summed E-state index contributed by atoms with van der Waals surface area (Å²) in [6.45, 7) is 2.22. The number of carbonyl (C=O) groups is 1. The number of hydrogen-bond donors (Lipinski definition) is 0. The molecule has 1 rings (SSSR count). The van der Waals surface area contributed by atoms with Gasteiger partial charge in [0.05, 0.1) is 10.5 Å². The Morgan fingerprint density at radius 3 is 1.83 bits per heavy atom. The van der Waals surface area contributed by atoms with Crippen LogP contribution in [0.2, 0.25) is 0 Å². The summed E-state index contributed by atoms with van der Waals surface area (Å²) in [6.07, 6.45) is 18.3. The third-order valence-electron chi connectivity index (χ3n) is 5.31. The Balaban J connectivity index is 1.93. The van der Waals surface area contributed by atoms with E-state index < -0.39 is 4.92 Å². The summed E-state index contributed by atoms with van der Waals surface area (Å²) in [7, 11) is 0. The fraction of sp³-hybridized carbons (Fsp3) is 0.708. The van der Waals surface area contributed by atoms with Crippen LogP contribution in [0.5, 0.6) is 0 Å². The van der Waals surface area contributed by atoms with Gasteiger partial charge in [-0.3, -0.25) is 14.9 Å². The van der Waals surface area contributed by atoms with Crippen molar-refractivity contribution in [2.75, 3.05) is 0 Å². The molecule has 0 aromatic heterocycles. The van der Waals surface area contributed by atoms with Gasteiger partial charge in [-0.25, -0.2) is 0 Å². The second kappa shape index (κ2) is 17.0. The normalized spacial score (nSPS) is 10.8. The number of esters is 1. The second-order valence-corrected chi connectivity index (χ2v) is 7.89. The molecule has 0 bridgehead atoms. The number of nitrogens with zero attached hydrogens (tertiary/aromatic N) is 1. The van der Waals surface area contributed by atoms with Crippen LogP contribution in [0.1, 0.15) is 109 Å². The summed E-state index contributed by atoms with van der Waals surface area (Å²) >= 11 is 0. The number of carbonyl (C=O) groups excluding carboxylic acids is 1. The predicted octanol–water partition coefficient (Wildman–Crippen LogP) is 7.51. The first kappa shape index (κ1) is 25.1. The molecule has 0 saturated heterocycles. The Morgan fingerprint density at radius 2 is 1.31 bits per heavy atom. The maximum absolute atomic E-state index is 11.8. The topological polar surface area (TPSA) is 69.4 Å². The zero-order chi connectivity index (χ0) is 21.2. The average Bonchev–Trinajstić information content (AvgIpc) is 2.72. The molecule has 5 nitrogen and oxygen atoms in total. The molecule has 164 valence electrons. The van der Waals surface area contributed by atoms with Crippen LogP contribution in [-0.2, 0) is 16.1 Å². The highest BCUT2D eigenvalue weighted by Gasteiger charge is 2.13. The van der Waals surface area contributed by atoms with E-state index in [-0.39, 0.29) is 18.3 Å². The average molecular weight is 406 g/mol. The molecule has 0 unspecified atom stereocenters. The number of nitro benzene ring substituents is 1. The number of nitro groups is 1. The smallest absolute Gasteiger partial charge is 0.306 e. The van der Waals surface area contributed by atoms with Gasteiger partial charge in [0.1, 0.15) is 6.61 Å². The van der Waals surface area contributed by atoms with Crippen LogP contribution >= 0.6 is 0 Å². The molecule has 0 N–H and O–H groups in total. The van der Waals surface area contributed by atoms with Crippen molar-refractivity contribution in [1.82, 2.24) is 0 Å². The fourth-order valence-electron chi connectivity index (χ4n) is 3.51. The van der Waals surface area contributed by atoms with E-state index in [1.54, 1.807) is 18.2 Å². The maximum Gasteiger partial charge on any atom is 0.306 e. The van der Waals surface area contributed by atoms with Crippen LogP contribution in [-0.4, -0.2) is 10.9 Å². The van der Waals surface area contributed by atoms with E-state index in [0.29, 0.717) is 12.0 Å². The first-order valence-electron chi connectivity index (χ1n) is 11.5. The van der Waals surface area contributed by atoms with Crippen LogP contribution in [0.4, 0.5) is 5.69 Å². The minimum Gasteiger partial charge on any atom is -0.461 e. The second-order valence-electron chi connectivity index (χ2n) is 7.89. The number of rotatable bonds is 18. The molecule has 5 heteroatoms. The molecule has 0 spiro atoms. The zero-order valence-electron chi connectivity index (χ0n) is 18.2. The number of para-hydroxylation sites is 1. The first-order valence-corrected chi connectivity index (χ1v) is 11.5. The Labute approximate surface area is 176 Å². The van der Waals surface area contributed by atoms with Crippen LogP contribution in [0, 0.1) is 10.1 Å². The number of unbranched alkanes of at least 4 members (excludes halogenated alkanes) is 13. The molecular weight excluding hydrogens is 366 g/mol. The van der Waals surface area contributed by atoms with Crippen LogP contribution in [0.25, 0.3) is 0 Å². The highest BCUT2D eigenvalue weighted by Crippen LogP contribution is 2.19. The lowest BCUT2D eigenvalue weighted by Gasteiger charge is -2.06. The molecule has 1 aromatic carbocycles. The minimum atomic E-state index is -0.448. The van der Waals surface area contributed by atoms with Gasteiger partial charge in [-0.2, -0.15) is 0 Å². The highest BCUT2D eigenvalue weighted by molar-refractivity contribution is 5.69. The van der Waals surface area contributed by atoms with Crippen molar-refractivity contribution in [3.63, 3.8) is 0 Å². The number of benzene rings is 1. The van der Waals surface area contributed by atoms with E-state index in [1.807, 2.05) is 0 Å². The van der Waals surface area contributed by atoms with Gasteiger partial charge >= 0.3 is 5.97 Å². The highest BCUT2D eigenvalue weighted by atomic mass is 16.6. The van der Waals surface area contributed by atoms with Gasteiger partial charge in [0, 0.05) is 12.5 Å². The molecule has 1 aromatic rings. The molecule has 0 heterocycles. The Kier molecular flexibility index (Phi) is 14.7. The molecule has 0 atom stereocenters. The summed E-state index contributed by atoms with van der Waals surface area (Å²) in [5, 5.41) is 11.0. The predicted molar refractivity (Wildman–Crippen MR) is 118 cm³/mol. The Hall–Kier alpha value is -1.91. The van der Waals surface area contributed by atoms with Crippen molar-refractivity contribution < 1.29 is 14.5 Å². The Bertz CT molecular complexity index is 574. The van der Waals surface area contributed by atoms with E-state index in [9.17, 15) is 14.9 Å². The van der Waals surface area contributed by atoms with E-state index in [1.165, 1.54) is 76.7 Å². The van der Waals surface area contributed by atoms with Crippen molar-refractivity contribution in [3.8, 4) is 0 Å². The summed E-state index contributed by atoms with van der Waals surface area (Å²) in [4.78, 5) is 22.3. The summed E-state index contributed by atoms with van der Waals surface area (Å²) in [6, 6.07) is 6.37. The molecule has 0 aliphatic carbocycles. The summed E-state index contributed by atoms with van der Waals surface area (Å²) in [5.41, 5.74) is 0.434. The third-order valence-corrected chi connectivity index (χ3v) is 5.31. The number of ether oxygens (including phenoxy) is 1. The number of hydrogen-bond acceptors (Lipinski definition) is 4. The lowest BCUT2D eigenvalue weighted by molar-refractivity contribution is -0.385. The third kappa shape index (κ3) is 13.0. The van der Waals surface area contributed by atoms with Crippen molar-refractivity contribution in [1.29, 1.82) is 0 Å². The van der Waals surface area contributed by atoms with Gasteiger partial charge in [0.25, 0.3) is 5.69 Å². The van der Waals surface area contributed by atoms with Crippen molar-refractivity contribution in [3.05, 3.63) is 39.9 Å². The lowest BCUT2D eigenvalue weighted by Crippen LogP contribution is -2.06. The molecule has 0 amide bonds. The standard InChI is InChI=1S/C24H39NO4/c1-2-3-4-5-6-7-8-9-10-11-12-13-14-15-20-24(26)29-21-22-18-16-17-19-23(22)25(27)28/h16-19H,2-15,20-21H2,1H3. The van der Waals surface area contributed by atoms with Crippen molar-refractivity contribution in [2.45, 2.75) is 110 Å². The lowest BCUT2D eigenvalue weighted by atomic mass is 10.0. The van der Waals surface area contributed by atoms with Crippen molar-refractivity contribution in [2.24, 2.45) is 0 Å². The van der Waals surface area contributed by atoms with E-state index in [0.717, 1.165) is 19.3 Å². The van der Waals surface area contributed by atoms with E-state index in [2.05, 4.69) is 6.92 Å². The van der Waals surface area contributed by atoms with Crippen LogP contribution in [0.3, 0.4) is 0 Å². The molecule has 0 radical (unpaired) electrons. The monoisotopic (exact) mass is 405 g/mol. The van der Waals surface area contributed by atoms with Gasteiger partial charge in [-0.15, -0.1) is 0 Å². The quantitative estimate of drug-likeness (QED) is 0.110. The van der Waals surface area contributed by atoms with Gasteiger partial charge in [0.2, 0.25) is 0 Å². The maximum atomic E-state index is 11.8. The molecule has 0 fully saturated rings. The molecule has 0 saturated carbocycles. The largest absolute Gasteiger partial charge is 0.461 e. The Morgan fingerprint density at radius 1 is 0.828 bits per heavy atom. The van der Waals surface area contributed by atoms with Gasteiger partial charge in [-0.05, 0) is 12.5 Å². The van der Waals surface area contributed by atoms with Gasteiger partial charge in [-0.1, -0.05) is 103 Å². The summed E-state index contributed by atoms with van der Waals surface area (Å²) in [5.74, 6) is -0.276. The van der Waals surface area contributed by atoms with Gasteiger partial charge in [0.15, 0.2) is 0 Å². The molecule has 29 heavy (non-hydrogen) atoms. The van der Waals surface area contributed by atoms with Crippen LogP contribution in [0.15, 0.2) is 24.3 Å². The van der Waals surface area contributed by atoms with E-state index in [4.69, 9.17) is 4.74 Å². The van der Waals surface area contributed by atoms with Crippen molar-refractivity contribution >= 4 is 11.7 Å². The van der Waals surface area contributed by atoms with Gasteiger partial charge < -0.3 is 4.74 Å². The van der Waals surface area contributed by atoms with E-state index >= 15 is 0 Å².